The molecule has 80 heavy (non-hydrogen) atoms. The molecule has 2 N–H and O–H groups in total. The SMILES string of the molecule is C=C1C[C@H]2CC[C@]34C[C@@H]5O[C@@H]6[C@@H](O[C@@H]7CC[C@H](CC(=O)O[C@@H]8[C@H](C)[C@@H]9O[C@@H]%10C[C@]%11(C[C@@H]%12O[C@]%13(C[C@@H](C)[C@H]%12O%11)C[C@H](C)[C@H]%11O[C@H](CC(=O)CCO)[C@@H](O)C[C@@H]%11O%13)O[C@@H]%10C[C@@H]9O[C@H]8C[C@H]8O[C@@H](CC[C@H]1O2)C[C@@H](C)C8=C)O[C@@H]7[C@@H]6O3)[C@H]5O4. The topological polar surface area (TPSA) is 213 Å². The summed E-state index contributed by atoms with van der Waals surface area (Å²) in [6.45, 7) is 17.6. The summed E-state index contributed by atoms with van der Waals surface area (Å²) >= 11 is 0. The Kier molecular flexibility index (Phi) is 14.0. The van der Waals surface area contributed by atoms with E-state index in [0.29, 0.717) is 64.2 Å². The zero-order chi connectivity index (χ0) is 54.7. The van der Waals surface area contributed by atoms with Gasteiger partial charge in [0.15, 0.2) is 17.4 Å². The molecule has 19 heteroatoms. The van der Waals surface area contributed by atoms with E-state index in [4.69, 9.17) is 71.1 Å². The fraction of sp³-hybridized carbons (Fsp3) is 0.902. The molecule has 12 bridgehead atoms. The second-order valence-electron chi connectivity index (χ2n) is 27.7. The number of hydrogen-bond acceptors (Lipinski definition) is 19. The molecule has 16 rings (SSSR count). The van der Waals surface area contributed by atoms with E-state index in [9.17, 15) is 19.8 Å². The fourth-order valence-corrected chi connectivity index (χ4v) is 18.3. The van der Waals surface area contributed by atoms with Gasteiger partial charge in [0.25, 0.3) is 0 Å². The molecule has 19 nitrogen and oxygen atoms in total. The second-order valence-corrected chi connectivity index (χ2v) is 27.7. The summed E-state index contributed by atoms with van der Waals surface area (Å²) in [5.41, 5.74) is 2.15. The molecule has 444 valence electrons. The van der Waals surface area contributed by atoms with Crippen molar-refractivity contribution in [1.29, 1.82) is 0 Å². The minimum Gasteiger partial charge on any atom is -0.459 e. The molecule has 0 unspecified atom stereocenters. The number of ketones is 1. The largest absolute Gasteiger partial charge is 0.459 e. The molecule has 16 aliphatic rings. The van der Waals surface area contributed by atoms with Crippen LogP contribution in [0.2, 0.25) is 0 Å². The number of rotatable bonds is 4. The third-order valence-corrected chi connectivity index (χ3v) is 22.0. The van der Waals surface area contributed by atoms with Crippen LogP contribution in [-0.4, -0.2) is 192 Å². The molecule has 0 aromatic heterocycles. The molecule has 31 atom stereocenters. The monoisotopic (exact) mass is 1120 g/mol. The molecule has 0 aromatic rings. The van der Waals surface area contributed by atoms with Gasteiger partial charge in [-0.1, -0.05) is 40.9 Å². The summed E-state index contributed by atoms with van der Waals surface area (Å²) < 4.78 is 104. The van der Waals surface area contributed by atoms with Gasteiger partial charge in [-0.15, -0.1) is 0 Å². The van der Waals surface area contributed by atoms with Crippen molar-refractivity contribution < 1.29 is 90.9 Å². The molecule has 0 saturated carbocycles. The molecule has 3 spiro atoms. The van der Waals surface area contributed by atoms with Gasteiger partial charge < -0.3 is 81.3 Å². The smallest absolute Gasteiger partial charge is 0.308 e. The average molecular weight is 1120 g/mol. The highest BCUT2D eigenvalue weighted by Crippen LogP contribution is 2.58. The Balaban J connectivity index is 0.652. The predicted molar refractivity (Wildman–Crippen MR) is 277 cm³/mol. The summed E-state index contributed by atoms with van der Waals surface area (Å²) in [5.74, 6) is -3.05. The van der Waals surface area contributed by atoms with Crippen LogP contribution in [0.3, 0.4) is 0 Å². The zero-order valence-corrected chi connectivity index (χ0v) is 47.1. The molecule has 16 fully saturated rings. The normalized spacial score (nSPS) is 56.9. The number of carbonyl (C=O) groups excluding carboxylic acids is 2. The Hall–Kier alpha value is -2.02. The summed E-state index contributed by atoms with van der Waals surface area (Å²) in [4.78, 5) is 27.0. The number of esters is 1. The average Bonchev–Trinajstić information content (AvgIpc) is 4.27. The van der Waals surface area contributed by atoms with Gasteiger partial charge in [0.2, 0.25) is 0 Å². The van der Waals surface area contributed by atoms with Crippen molar-refractivity contribution in [3.05, 3.63) is 24.3 Å². The minimum atomic E-state index is -0.939. The third kappa shape index (κ3) is 9.51. The predicted octanol–water partition coefficient (Wildman–Crippen LogP) is 5.52. The summed E-state index contributed by atoms with van der Waals surface area (Å²) in [7, 11) is 0. The van der Waals surface area contributed by atoms with E-state index in [1.807, 2.05) is 0 Å². The lowest BCUT2D eigenvalue weighted by atomic mass is 9.78. The molecular weight excluding hydrogens is 1040 g/mol. The Bertz CT molecular complexity index is 2410. The molecule has 16 heterocycles. The van der Waals surface area contributed by atoms with Crippen LogP contribution in [0.4, 0.5) is 0 Å². The van der Waals surface area contributed by atoms with Crippen molar-refractivity contribution in [3.63, 3.8) is 0 Å². The van der Waals surface area contributed by atoms with Crippen molar-refractivity contribution in [3.8, 4) is 0 Å². The van der Waals surface area contributed by atoms with Crippen LogP contribution in [0.1, 0.15) is 150 Å². The van der Waals surface area contributed by atoms with Gasteiger partial charge in [0, 0.05) is 83.2 Å². The Labute approximate surface area is 469 Å². The van der Waals surface area contributed by atoms with Gasteiger partial charge in [-0.05, 0) is 73.8 Å². The maximum absolute atomic E-state index is 14.6. The molecule has 0 radical (unpaired) electrons. The van der Waals surface area contributed by atoms with Crippen LogP contribution in [-0.2, 0) is 80.6 Å². The third-order valence-electron chi connectivity index (χ3n) is 22.0. The standard InChI is InChI=1S/C61H86O19/c1-27-15-34-7-9-38-28(2)16-36(66-38)11-13-59-25-47-55(79-59)56-57(73-47)58(80-59)54-39(70-56)10-8-35(68-54)18-49(65)74-53-32(6)52-44(69-43(53)20-40(67-34)31(27)5)21-42-46(72-52)24-61(75-42)26-48-51(78-61)30(4)23-60(77-48)22-29(3)50-45(76-60)19-37(64)41(71-50)17-33(63)12-14-62/h27,29-30,32,34-48,50-58,62,64H,2,5,7-26H2,1,3-4,6H3/t27-,29+,30-,32-,34+,35-,36-,37+,38-,39-,40-,41-,42-,43+,44+,45+,46-,47+,48+,50-,51-,52+,53-,54+,55+,56+,57-,58+,59-,60+,61+/m1/s1. The van der Waals surface area contributed by atoms with Crippen LogP contribution in [0.5, 0.6) is 0 Å². The molecule has 16 aliphatic heterocycles. The number of ether oxygens (including phenoxy) is 15. The van der Waals surface area contributed by atoms with Gasteiger partial charge in [-0.2, -0.15) is 0 Å². The Morgan fingerprint density at radius 2 is 1.20 bits per heavy atom. The van der Waals surface area contributed by atoms with Crippen LogP contribution in [0, 0.1) is 23.7 Å². The van der Waals surface area contributed by atoms with Gasteiger partial charge in [0.05, 0.1) is 116 Å². The van der Waals surface area contributed by atoms with E-state index >= 15 is 0 Å². The maximum Gasteiger partial charge on any atom is 0.308 e. The lowest BCUT2D eigenvalue weighted by Gasteiger charge is -2.54. The first kappa shape index (κ1) is 54.6. The molecule has 0 amide bonds. The van der Waals surface area contributed by atoms with Gasteiger partial charge in [-0.3, -0.25) is 9.59 Å². The van der Waals surface area contributed by atoms with E-state index in [1.165, 1.54) is 0 Å². The van der Waals surface area contributed by atoms with Gasteiger partial charge in [-0.25, -0.2) is 0 Å². The van der Waals surface area contributed by atoms with Crippen molar-refractivity contribution in [2.24, 2.45) is 23.7 Å². The number of Topliss-reactive ketones (excluding diaryl/α,β-unsaturated/α-hetero) is 1. The Morgan fingerprint density at radius 3 is 2.05 bits per heavy atom. The maximum atomic E-state index is 14.6. The van der Waals surface area contributed by atoms with E-state index in [1.54, 1.807) is 0 Å². The van der Waals surface area contributed by atoms with E-state index in [-0.39, 0.29) is 159 Å². The lowest BCUT2D eigenvalue weighted by molar-refractivity contribution is -0.371. The molecule has 16 saturated heterocycles. The first-order chi connectivity index (χ1) is 38.5. The number of fused-ring (bicyclic) bond motifs is 10. The number of hydrogen-bond donors (Lipinski definition) is 2. The molecule has 0 aliphatic carbocycles. The molecular formula is C61H86O19. The zero-order valence-electron chi connectivity index (χ0n) is 47.1. The van der Waals surface area contributed by atoms with Gasteiger partial charge in [0.1, 0.15) is 42.4 Å². The lowest BCUT2D eigenvalue weighted by Crippen LogP contribution is -2.62. The van der Waals surface area contributed by atoms with Crippen LogP contribution < -0.4 is 0 Å². The van der Waals surface area contributed by atoms with Crippen LogP contribution in [0.15, 0.2) is 24.3 Å². The molecule has 0 aromatic carbocycles. The van der Waals surface area contributed by atoms with Crippen LogP contribution in [0.25, 0.3) is 0 Å². The van der Waals surface area contributed by atoms with E-state index in [0.717, 1.165) is 49.7 Å². The summed E-state index contributed by atoms with van der Waals surface area (Å²) in [5, 5.41) is 20.4. The van der Waals surface area contributed by atoms with Crippen molar-refractivity contribution in [1.82, 2.24) is 0 Å². The first-order valence-electron chi connectivity index (χ1n) is 31.2. The number of aliphatic hydroxyl groups excluding tert-OH is 2. The van der Waals surface area contributed by atoms with E-state index < -0.39 is 66.2 Å². The highest BCUT2D eigenvalue weighted by molar-refractivity contribution is 5.79. The Morgan fingerprint density at radius 1 is 0.525 bits per heavy atom. The van der Waals surface area contributed by atoms with Crippen LogP contribution >= 0.6 is 0 Å². The van der Waals surface area contributed by atoms with Crippen molar-refractivity contribution in [2.45, 2.75) is 314 Å². The number of carbonyl (C=O) groups is 2. The van der Waals surface area contributed by atoms with Crippen molar-refractivity contribution >= 4 is 11.8 Å². The van der Waals surface area contributed by atoms with Crippen molar-refractivity contribution in [2.75, 3.05) is 6.61 Å². The van der Waals surface area contributed by atoms with Gasteiger partial charge >= 0.3 is 5.97 Å². The minimum absolute atomic E-state index is 0.0122. The highest BCUT2D eigenvalue weighted by atomic mass is 16.8. The quantitative estimate of drug-likeness (QED) is 0.262. The second kappa shape index (κ2) is 20.6. The number of aliphatic hydroxyl groups is 2. The summed E-state index contributed by atoms with van der Waals surface area (Å²) in [6.07, 6.45) is 2.59. The van der Waals surface area contributed by atoms with E-state index in [2.05, 4.69) is 40.9 Å². The highest BCUT2D eigenvalue weighted by Gasteiger charge is 2.70. The first-order valence-corrected chi connectivity index (χ1v) is 31.2. The summed E-state index contributed by atoms with van der Waals surface area (Å²) in [6, 6.07) is 0. The fourth-order valence-electron chi connectivity index (χ4n) is 18.3.